The van der Waals surface area contributed by atoms with Gasteiger partial charge in [0.05, 0.1) is 0 Å². The summed E-state index contributed by atoms with van der Waals surface area (Å²) in [5.74, 6) is -0.449. The predicted molar refractivity (Wildman–Crippen MR) is 145 cm³/mol. The van der Waals surface area contributed by atoms with E-state index in [1.165, 1.54) is 22.4 Å². The number of benzene rings is 3. The summed E-state index contributed by atoms with van der Waals surface area (Å²) in [5.41, 5.74) is 13.6. The number of rotatable bonds is 7. The second-order valence-electron chi connectivity index (χ2n) is 9.41. The van der Waals surface area contributed by atoms with Crippen LogP contribution in [0.4, 0.5) is 5.69 Å². The third kappa shape index (κ3) is 5.25. The number of amides is 2. The summed E-state index contributed by atoms with van der Waals surface area (Å²) in [6.45, 7) is 2.30. The van der Waals surface area contributed by atoms with Gasteiger partial charge in [0, 0.05) is 36.4 Å². The number of hydrogen-bond acceptors (Lipinski definition) is 3. The van der Waals surface area contributed by atoms with E-state index in [9.17, 15) is 9.59 Å². The van der Waals surface area contributed by atoms with E-state index in [4.69, 9.17) is 5.73 Å². The molecule has 36 heavy (non-hydrogen) atoms. The van der Waals surface area contributed by atoms with Crippen molar-refractivity contribution in [2.45, 2.75) is 32.2 Å². The van der Waals surface area contributed by atoms with E-state index in [1.54, 1.807) is 12.1 Å². The van der Waals surface area contributed by atoms with Gasteiger partial charge in [0.1, 0.15) is 0 Å². The van der Waals surface area contributed by atoms with E-state index in [1.807, 2.05) is 24.3 Å². The number of nitrogens with zero attached hydrogens (tertiary/aromatic N) is 1. The van der Waals surface area contributed by atoms with E-state index in [2.05, 4.69) is 58.8 Å². The summed E-state index contributed by atoms with van der Waals surface area (Å²) in [4.78, 5) is 26.7. The molecule has 0 bridgehead atoms. The molecular formula is C31H31N3O2. The van der Waals surface area contributed by atoms with Gasteiger partial charge >= 0.3 is 0 Å². The third-order valence-electron chi connectivity index (χ3n) is 6.94. The number of carbonyl (C=O) groups excluding carboxylic acids is 2. The van der Waals surface area contributed by atoms with Gasteiger partial charge in [-0.3, -0.25) is 9.59 Å². The number of nitrogens with two attached hydrogens (primary N) is 1. The van der Waals surface area contributed by atoms with Crippen LogP contribution >= 0.6 is 0 Å². The third-order valence-corrected chi connectivity index (χ3v) is 6.94. The molecule has 1 aliphatic heterocycles. The Morgan fingerprint density at radius 2 is 1.75 bits per heavy atom. The summed E-state index contributed by atoms with van der Waals surface area (Å²) in [7, 11) is 0. The van der Waals surface area contributed by atoms with Crippen molar-refractivity contribution in [3.05, 3.63) is 113 Å². The predicted octanol–water partition coefficient (Wildman–Crippen LogP) is 5.41. The fraction of sp³-hybridized carbons (Fsp3) is 0.226. The van der Waals surface area contributed by atoms with Crippen LogP contribution in [0.25, 0.3) is 11.1 Å². The van der Waals surface area contributed by atoms with E-state index in [0.717, 1.165) is 49.9 Å². The first-order valence-electron chi connectivity index (χ1n) is 12.6. The highest BCUT2D eigenvalue weighted by atomic mass is 16.2. The van der Waals surface area contributed by atoms with Gasteiger partial charge in [-0.25, -0.2) is 0 Å². The maximum absolute atomic E-state index is 12.8. The molecule has 0 fully saturated rings. The molecule has 0 saturated carbocycles. The smallest absolute Gasteiger partial charge is 0.251 e. The molecule has 0 spiro atoms. The zero-order valence-electron chi connectivity index (χ0n) is 20.4. The standard InChI is InChI=1S/C31H31N3O2/c32-30(35)24-14-12-23(13-15-24)28-11-5-4-9-27(28)21-34-18-6-10-25-19-26(16-17-29(25)34)31(36)33-20-22-7-2-1-3-8-22/h2,4-5,7-9,11-17,19H,1,3,6,10,18,20-21H2,(H2,32,35)(H,33,36). The molecule has 2 aliphatic rings. The van der Waals surface area contributed by atoms with E-state index >= 15 is 0 Å². The number of aryl methyl sites for hydroxylation is 1. The molecule has 5 nitrogen and oxygen atoms in total. The molecule has 0 aromatic heterocycles. The van der Waals surface area contributed by atoms with Crippen molar-refractivity contribution in [2.24, 2.45) is 5.73 Å². The molecule has 3 aromatic rings. The Morgan fingerprint density at radius 1 is 0.944 bits per heavy atom. The molecule has 2 amide bonds. The van der Waals surface area contributed by atoms with Gasteiger partial charge < -0.3 is 16.0 Å². The normalized spacial score (nSPS) is 14.7. The highest BCUT2D eigenvalue weighted by molar-refractivity contribution is 5.95. The number of anilines is 1. The minimum absolute atomic E-state index is 0.0282. The van der Waals surface area contributed by atoms with Crippen molar-refractivity contribution in [3.63, 3.8) is 0 Å². The number of nitrogens with one attached hydrogen (secondary N) is 1. The molecule has 1 aliphatic carbocycles. The van der Waals surface area contributed by atoms with Crippen molar-refractivity contribution in [3.8, 4) is 11.1 Å². The Labute approximate surface area is 212 Å². The van der Waals surface area contributed by atoms with Crippen LogP contribution in [0.2, 0.25) is 0 Å². The van der Waals surface area contributed by atoms with E-state index in [0.29, 0.717) is 17.7 Å². The molecule has 0 saturated heterocycles. The number of fused-ring (bicyclic) bond motifs is 1. The molecule has 0 unspecified atom stereocenters. The molecule has 3 N–H and O–H groups in total. The molecule has 0 atom stereocenters. The van der Waals surface area contributed by atoms with Crippen LogP contribution in [0.5, 0.6) is 0 Å². The second kappa shape index (κ2) is 10.6. The highest BCUT2D eigenvalue weighted by Crippen LogP contribution is 2.32. The first kappa shape index (κ1) is 23.6. The Morgan fingerprint density at radius 3 is 2.53 bits per heavy atom. The van der Waals surface area contributed by atoms with Gasteiger partial charge in [-0.2, -0.15) is 0 Å². The van der Waals surface area contributed by atoms with Crippen molar-refractivity contribution < 1.29 is 9.59 Å². The number of allylic oxidation sites excluding steroid dienone is 2. The molecule has 5 heteroatoms. The first-order chi connectivity index (χ1) is 17.6. The van der Waals surface area contributed by atoms with Gasteiger partial charge in [0.15, 0.2) is 0 Å². The number of carbonyl (C=O) groups is 2. The van der Waals surface area contributed by atoms with Gasteiger partial charge in [0.25, 0.3) is 5.91 Å². The Kier molecular flexibility index (Phi) is 6.99. The molecule has 5 rings (SSSR count). The lowest BCUT2D eigenvalue weighted by molar-refractivity contribution is 0.0955. The van der Waals surface area contributed by atoms with Gasteiger partial charge in [-0.1, -0.05) is 54.6 Å². The number of primary amides is 1. The maximum atomic E-state index is 12.8. The van der Waals surface area contributed by atoms with Crippen molar-refractivity contribution in [1.82, 2.24) is 5.32 Å². The monoisotopic (exact) mass is 477 g/mol. The average molecular weight is 478 g/mol. The lowest BCUT2D eigenvalue weighted by atomic mass is 9.95. The van der Waals surface area contributed by atoms with Gasteiger partial charge in [-0.05, 0) is 83.8 Å². The lowest BCUT2D eigenvalue weighted by Gasteiger charge is -2.32. The molecule has 3 aromatic carbocycles. The molecule has 1 heterocycles. The highest BCUT2D eigenvalue weighted by Gasteiger charge is 2.20. The number of hydrogen-bond donors (Lipinski definition) is 2. The summed E-state index contributed by atoms with van der Waals surface area (Å²) in [6.07, 6.45) is 10.6. The van der Waals surface area contributed by atoms with Crippen molar-refractivity contribution in [1.29, 1.82) is 0 Å². The van der Waals surface area contributed by atoms with Crippen LogP contribution < -0.4 is 16.0 Å². The molecule has 182 valence electrons. The summed E-state index contributed by atoms with van der Waals surface area (Å²) in [6, 6.07) is 21.9. The van der Waals surface area contributed by atoms with Gasteiger partial charge in [0.2, 0.25) is 5.91 Å². The van der Waals surface area contributed by atoms with Crippen LogP contribution in [0.1, 0.15) is 51.1 Å². The Balaban J connectivity index is 1.33. The lowest BCUT2D eigenvalue weighted by Crippen LogP contribution is -2.30. The van der Waals surface area contributed by atoms with Crippen LogP contribution in [0.3, 0.4) is 0 Å². The van der Waals surface area contributed by atoms with Gasteiger partial charge in [-0.15, -0.1) is 0 Å². The quantitative estimate of drug-likeness (QED) is 0.478. The van der Waals surface area contributed by atoms with Crippen LogP contribution in [-0.2, 0) is 13.0 Å². The molecule has 0 radical (unpaired) electrons. The van der Waals surface area contributed by atoms with Crippen LogP contribution in [0, 0.1) is 0 Å². The van der Waals surface area contributed by atoms with Crippen molar-refractivity contribution >= 4 is 17.5 Å². The maximum Gasteiger partial charge on any atom is 0.251 e. The average Bonchev–Trinajstić information content (AvgIpc) is 2.92. The van der Waals surface area contributed by atoms with Crippen LogP contribution in [-0.4, -0.2) is 24.9 Å². The minimum atomic E-state index is -0.421. The largest absolute Gasteiger partial charge is 0.367 e. The first-order valence-corrected chi connectivity index (χ1v) is 12.6. The Hall–Kier alpha value is -4.12. The fourth-order valence-electron chi connectivity index (χ4n) is 5.02. The topological polar surface area (TPSA) is 75.4 Å². The van der Waals surface area contributed by atoms with Crippen LogP contribution in [0.15, 0.2) is 90.5 Å². The zero-order chi connectivity index (χ0) is 24.9. The summed E-state index contributed by atoms with van der Waals surface area (Å²) < 4.78 is 0. The van der Waals surface area contributed by atoms with E-state index in [-0.39, 0.29) is 5.91 Å². The zero-order valence-corrected chi connectivity index (χ0v) is 20.4. The molecular weight excluding hydrogens is 446 g/mol. The SMILES string of the molecule is NC(=O)c1ccc(-c2ccccc2CN2CCCc3cc(C(=O)NCC4=CCCC=C4)ccc32)cc1. The fourth-order valence-corrected chi connectivity index (χ4v) is 5.02. The Bertz CT molecular complexity index is 1340. The summed E-state index contributed by atoms with van der Waals surface area (Å²) >= 11 is 0. The minimum Gasteiger partial charge on any atom is -0.367 e. The second-order valence-corrected chi connectivity index (χ2v) is 9.41. The summed E-state index contributed by atoms with van der Waals surface area (Å²) in [5, 5.41) is 3.06. The van der Waals surface area contributed by atoms with E-state index < -0.39 is 5.91 Å². The van der Waals surface area contributed by atoms with Crippen molar-refractivity contribution in [2.75, 3.05) is 18.0 Å².